The normalized spacial score (nSPS) is 15.2. The van der Waals surface area contributed by atoms with Crippen LogP contribution in [0, 0.1) is 0 Å². The van der Waals surface area contributed by atoms with E-state index in [1.54, 1.807) is 0 Å². The van der Waals surface area contributed by atoms with Gasteiger partial charge in [-0.2, -0.15) is 0 Å². The van der Waals surface area contributed by atoms with E-state index in [9.17, 15) is 14.7 Å². The van der Waals surface area contributed by atoms with E-state index in [4.69, 9.17) is 5.10 Å². The number of para-hydroxylation sites is 1. The second kappa shape index (κ2) is 11.5. The number of piperazine rings is 1. The van der Waals surface area contributed by atoms with Gasteiger partial charge >= 0.3 is 5.97 Å². The second-order valence-electron chi connectivity index (χ2n) is 10.1. The highest BCUT2D eigenvalue weighted by Gasteiger charge is 2.39. The highest BCUT2D eigenvalue weighted by atomic mass is 16.4. The Bertz CT molecular complexity index is 1530. The smallest absolute Gasteiger partial charge is 0.328 e. The van der Waals surface area contributed by atoms with Crippen molar-refractivity contribution in [3.8, 4) is 16.9 Å². The molecular formula is C34H30N4O3. The third-order valence-electron chi connectivity index (χ3n) is 7.55. The Balaban J connectivity index is 1.32. The van der Waals surface area contributed by atoms with Gasteiger partial charge in [0.2, 0.25) is 5.91 Å². The van der Waals surface area contributed by atoms with Crippen molar-refractivity contribution < 1.29 is 14.7 Å². The van der Waals surface area contributed by atoms with E-state index in [2.05, 4.69) is 0 Å². The van der Waals surface area contributed by atoms with E-state index >= 15 is 0 Å². The van der Waals surface area contributed by atoms with Gasteiger partial charge in [0.15, 0.2) is 5.82 Å². The molecule has 4 aromatic carbocycles. The highest BCUT2D eigenvalue weighted by molar-refractivity contribution is 5.91. The maximum Gasteiger partial charge on any atom is 0.328 e. The van der Waals surface area contributed by atoms with Crippen molar-refractivity contribution in [1.82, 2.24) is 14.7 Å². The van der Waals surface area contributed by atoms with E-state index in [0.717, 1.165) is 28.1 Å². The van der Waals surface area contributed by atoms with Crippen LogP contribution >= 0.6 is 0 Å². The van der Waals surface area contributed by atoms with E-state index in [1.807, 2.05) is 137 Å². The Morgan fingerprint density at radius 3 is 1.83 bits per heavy atom. The largest absolute Gasteiger partial charge is 0.480 e. The number of carboxylic acid groups (broad SMARTS) is 1. The third-order valence-corrected chi connectivity index (χ3v) is 7.55. The number of carbonyl (C=O) groups is 2. The van der Waals surface area contributed by atoms with Crippen LogP contribution in [-0.2, 0) is 9.59 Å². The van der Waals surface area contributed by atoms with Crippen molar-refractivity contribution >= 4 is 17.7 Å². The molecule has 0 bridgehead atoms. The number of carbonyl (C=O) groups excluding carboxylic acids is 1. The number of aliphatic carboxylic acids is 1. The molecule has 0 radical (unpaired) electrons. The molecule has 1 N–H and O–H groups in total. The first-order valence-electron chi connectivity index (χ1n) is 13.7. The van der Waals surface area contributed by atoms with Crippen LogP contribution in [0.3, 0.4) is 0 Å². The fourth-order valence-corrected chi connectivity index (χ4v) is 5.50. The van der Waals surface area contributed by atoms with E-state index in [-0.39, 0.29) is 19.0 Å². The van der Waals surface area contributed by atoms with E-state index in [1.165, 1.54) is 4.90 Å². The molecule has 5 aromatic rings. The van der Waals surface area contributed by atoms with Gasteiger partial charge in [-0.05, 0) is 23.3 Å². The maximum absolute atomic E-state index is 14.1. The molecule has 7 heteroatoms. The fourth-order valence-electron chi connectivity index (χ4n) is 5.50. The first kappa shape index (κ1) is 26.1. The molecule has 41 heavy (non-hydrogen) atoms. The topological polar surface area (TPSA) is 78.7 Å². The van der Waals surface area contributed by atoms with E-state index in [0.29, 0.717) is 12.4 Å². The van der Waals surface area contributed by atoms with Crippen LogP contribution in [0.5, 0.6) is 0 Å². The molecule has 2 heterocycles. The predicted molar refractivity (Wildman–Crippen MR) is 159 cm³/mol. The summed E-state index contributed by atoms with van der Waals surface area (Å²) in [5.41, 5.74) is 4.50. The number of amides is 1. The number of rotatable bonds is 7. The van der Waals surface area contributed by atoms with Crippen LogP contribution in [0.4, 0.5) is 5.82 Å². The van der Waals surface area contributed by atoms with Gasteiger partial charge < -0.3 is 14.9 Å². The average molecular weight is 543 g/mol. The molecule has 1 aliphatic rings. The summed E-state index contributed by atoms with van der Waals surface area (Å²) in [6.07, 6.45) is 0. The predicted octanol–water partition coefficient (Wildman–Crippen LogP) is 5.47. The number of nitrogens with zero attached hydrogens (tertiary/aromatic N) is 4. The summed E-state index contributed by atoms with van der Waals surface area (Å²) in [5, 5.41) is 15.2. The van der Waals surface area contributed by atoms with Gasteiger partial charge in [-0.1, -0.05) is 109 Å². The Hall–Kier alpha value is -5.17. The number of hydrogen-bond donors (Lipinski definition) is 1. The molecule has 6 rings (SSSR count). The standard InChI is InChI=1S/C34H30N4O3/c39-33(32(26-15-7-2-8-16-26)27-17-9-3-10-18-27)37-22-21-36(24-30(37)34(40)41)31-23-29(25-13-5-1-6-14-25)38(35-31)28-19-11-4-12-20-28/h1-20,23,30,32H,21-22,24H2,(H,40,41). The first-order valence-corrected chi connectivity index (χ1v) is 13.7. The molecular weight excluding hydrogens is 512 g/mol. The van der Waals surface area contributed by atoms with Crippen molar-refractivity contribution in [3.05, 3.63) is 139 Å². The molecule has 7 nitrogen and oxygen atoms in total. The van der Waals surface area contributed by atoms with Gasteiger partial charge in [0.1, 0.15) is 6.04 Å². The summed E-state index contributed by atoms with van der Waals surface area (Å²) in [4.78, 5) is 30.2. The Kier molecular flexibility index (Phi) is 7.32. The Morgan fingerprint density at radius 2 is 1.27 bits per heavy atom. The number of aromatic nitrogens is 2. The van der Waals surface area contributed by atoms with Crippen molar-refractivity contribution in [2.75, 3.05) is 24.5 Å². The summed E-state index contributed by atoms with van der Waals surface area (Å²) >= 11 is 0. The number of carboxylic acids is 1. The van der Waals surface area contributed by atoms with Gasteiger partial charge in [-0.3, -0.25) is 4.79 Å². The SMILES string of the molecule is O=C(O)C1CN(c2cc(-c3ccccc3)n(-c3ccccc3)n2)CCN1C(=O)C(c1ccccc1)c1ccccc1. The molecule has 1 saturated heterocycles. The van der Waals surface area contributed by atoms with Crippen molar-refractivity contribution in [3.63, 3.8) is 0 Å². The Labute approximate surface area is 238 Å². The van der Waals surface area contributed by atoms with Crippen LogP contribution in [0.25, 0.3) is 16.9 Å². The minimum Gasteiger partial charge on any atom is -0.480 e. The van der Waals surface area contributed by atoms with Crippen molar-refractivity contribution in [1.29, 1.82) is 0 Å². The number of anilines is 1. The molecule has 1 aromatic heterocycles. The average Bonchev–Trinajstić information content (AvgIpc) is 3.48. The molecule has 0 saturated carbocycles. The summed E-state index contributed by atoms with van der Waals surface area (Å²) in [5.74, 6) is -1.16. The summed E-state index contributed by atoms with van der Waals surface area (Å²) in [7, 11) is 0. The minimum atomic E-state index is -1.03. The monoisotopic (exact) mass is 542 g/mol. The third kappa shape index (κ3) is 5.34. The number of benzene rings is 4. The van der Waals surface area contributed by atoms with Crippen LogP contribution in [0.15, 0.2) is 127 Å². The summed E-state index contributed by atoms with van der Waals surface area (Å²) in [6, 6.07) is 40.0. The van der Waals surface area contributed by atoms with Crippen molar-refractivity contribution in [2.45, 2.75) is 12.0 Å². The van der Waals surface area contributed by atoms with Crippen molar-refractivity contribution in [2.24, 2.45) is 0 Å². The zero-order chi connectivity index (χ0) is 28.2. The van der Waals surface area contributed by atoms with Gasteiger partial charge in [-0.25, -0.2) is 9.48 Å². The molecule has 1 amide bonds. The lowest BCUT2D eigenvalue weighted by Gasteiger charge is -2.41. The zero-order valence-electron chi connectivity index (χ0n) is 22.5. The van der Waals surface area contributed by atoms with Crippen LogP contribution < -0.4 is 4.90 Å². The maximum atomic E-state index is 14.1. The van der Waals surface area contributed by atoms with Gasteiger partial charge in [-0.15, -0.1) is 5.10 Å². The highest BCUT2D eigenvalue weighted by Crippen LogP contribution is 2.31. The lowest BCUT2D eigenvalue weighted by atomic mass is 9.89. The molecule has 1 unspecified atom stereocenters. The molecule has 0 aliphatic carbocycles. The first-order chi connectivity index (χ1) is 20.1. The van der Waals surface area contributed by atoms with Crippen LogP contribution in [-0.4, -0.2) is 57.3 Å². The zero-order valence-corrected chi connectivity index (χ0v) is 22.5. The quantitative estimate of drug-likeness (QED) is 0.295. The summed E-state index contributed by atoms with van der Waals surface area (Å²) in [6.45, 7) is 0.869. The molecule has 204 valence electrons. The number of hydrogen-bond acceptors (Lipinski definition) is 4. The Morgan fingerprint density at radius 1 is 0.732 bits per heavy atom. The van der Waals surface area contributed by atoms with Gasteiger partial charge in [0, 0.05) is 24.7 Å². The lowest BCUT2D eigenvalue weighted by molar-refractivity contribution is -0.151. The molecule has 1 atom stereocenters. The minimum absolute atomic E-state index is 0.136. The second-order valence-corrected chi connectivity index (χ2v) is 10.1. The van der Waals surface area contributed by atoms with Gasteiger partial charge in [0.05, 0.1) is 23.8 Å². The molecule has 1 aliphatic heterocycles. The van der Waals surface area contributed by atoms with E-state index < -0.39 is 17.9 Å². The van der Waals surface area contributed by atoms with Crippen LogP contribution in [0.1, 0.15) is 17.0 Å². The van der Waals surface area contributed by atoms with Crippen LogP contribution in [0.2, 0.25) is 0 Å². The lowest BCUT2D eigenvalue weighted by Crippen LogP contribution is -2.59. The fraction of sp³-hybridized carbons (Fsp3) is 0.147. The summed E-state index contributed by atoms with van der Waals surface area (Å²) < 4.78 is 1.89. The molecule has 0 spiro atoms. The molecule has 1 fully saturated rings. The van der Waals surface area contributed by atoms with Gasteiger partial charge in [0.25, 0.3) is 0 Å².